The first-order chi connectivity index (χ1) is 13.2. The van der Waals surface area contributed by atoms with Crippen LogP contribution in [-0.2, 0) is 22.5 Å². The third kappa shape index (κ3) is 3.90. The molecule has 27 heavy (non-hydrogen) atoms. The van der Waals surface area contributed by atoms with Crippen molar-refractivity contribution < 1.29 is 9.53 Å². The quantitative estimate of drug-likeness (QED) is 0.484. The number of thioether (sulfide) groups is 1. The highest BCUT2D eigenvalue weighted by atomic mass is 32.2. The Hall–Kier alpha value is -2.60. The molecule has 0 saturated carbocycles. The van der Waals surface area contributed by atoms with E-state index in [2.05, 4.69) is 17.1 Å². The van der Waals surface area contributed by atoms with Gasteiger partial charge in [0.25, 0.3) is 5.56 Å². The first-order valence-electron chi connectivity index (χ1n) is 9.09. The second kappa shape index (κ2) is 7.96. The Morgan fingerprint density at radius 2 is 1.85 bits per heavy atom. The number of cyclic esters (lactones) is 1. The van der Waals surface area contributed by atoms with Gasteiger partial charge in [-0.15, -0.1) is 0 Å². The van der Waals surface area contributed by atoms with Crippen molar-refractivity contribution in [2.24, 2.45) is 0 Å². The molecule has 0 bridgehead atoms. The predicted octanol–water partition coefficient (Wildman–Crippen LogP) is 3.44. The van der Waals surface area contributed by atoms with E-state index in [0.29, 0.717) is 35.6 Å². The molecule has 1 aliphatic heterocycles. The molecule has 5 nitrogen and oxygen atoms in total. The van der Waals surface area contributed by atoms with Crippen molar-refractivity contribution in [3.8, 4) is 0 Å². The Morgan fingerprint density at radius 3 is 2.63 bits per heavy atom. The van der Waals surface area contributed by atoms with Gasteiger partial charge in [-0.3, -0.25) is 14.2 Å². The van der Waals surface area contributed by atoms with Crippen molar-refractivity contribution in [2.45, 2.75) is 36.2 Å². The Morgan fingerprint density at radius 1 is 1.07 bits per heavy atom. The zero-order valence-electron chi connectivity index (χ0n) is 14.8. The first kappa shape index (κ1) is 17.8. The number of rotatable bonds is 6. The Bertz CT molecular complexity index is 1020. The van der Waals surface area contributed by atoms with E-state index in [1.165, 1.54) is 17.3 Å². The summed E-state index contributed by atoms with van der Waals surface area (Å²) < 4.78 is 6.77. The largest absolute Gasteiger partial charge is 0.465 e. The second-order valence-corrected chi connectivity index (χ2v) is 7.69. The lowest BCUT2D eigenvalue weighted by Crippen LogP contribution is -2.25. The van der Waals surface area contributed by atoms with Crippen LogP contribution >= 0.6 is 11.8 Å². The Balaban J connectivity index is 1.63. The van der Waals surface area contributed by atoms with E-state index in [4.69, 9.17) is 4.74 Å². The summed E-state index contributed by atoms with van der Waals surface area (Å²) in [5.41, 5.74) is 1.85. The van der Waals surface area contributed by atoms with Crippen molar-refractivity contribution in [2.75, 3.05) is 6.61 Å². The van der Waals surface area contributed by atoms with Crippen LogP contribution in [0.2, 0.25) is 0 Å². The summed E-state index contributed by atoms with van der Waals surface area (Å²) in [6.07, 6.45) is 2.36. The van der Waals surface area contributed by atoms with Crippen LogP contribution in [0.1, 0.15) is 18.4 Å². The number of fused-ring (bicyclic) bond motifs is 1. The third-order valence-corrected chi connectivity index (χ3v) is 5.89. The highest BCUT2D eigenvalue weighted by molar-refractivity contribution is 8.00. The lowest BCUT2D eigenvalue weighted by molar-refractivity contribution is -0.137. The highest BCUT2D eigenvalue weighted by Crippen LogP contribution is 2.28. The zero-order chi connectivity index (χ0) is 18.6. The molecule has 6 heteroatoms. The highest BCUT2D eigenvalue weighted by Gasteiger charge is 2.29. The Labute approximate surface area is 161 Å². The van der Waals surface area contributed by atoms with Gasteiger partial charge in [0.15, 0.2) is 5.16 Å². The van der Waals surface area contributed by atoms with E-state index in [1.54, 1.807) is 10.6 Å². The normalized spacial score (nSPS) is 16.6. The molecule has 1 fully saturated rings. The van der Waals surface area contributed by atoms with E-state index in [1.807, 2.05) is 36.4 Å². The summed E-state index contributed by atoms with van der Waals surface area (Å²) in [7, 11) is 0. The zero-order valence-corrected chi connectivity index (χ0v) is 15.7. The summed E-state index contributed by atoms with van der Waals surface area (Å²) in [5, 5.41) is 0.907. The molecular weight excluding hydrogens is 360 g/mol. The molecule has 4 rings (SSSR count). The molecule has 138 valence electrons. The summed E-state index contributed by atoms with van der Waals surface area (Å²) in [6, 6.07) is 17.6. The monoisotopic (exact) mass is 380 g/mol. The van der Waals surface area contributed by atoms with Gasteiger partial charge < -0.3 is 4.74 Å². The smallest absolute Gasteiger partial charge is 0.319 e. The number of aryl methyl sites for hydroxylation is 1. The number of esters is 1. The topological polar surface area (TPSA) is 61.2 Å². The van der Waals surface area contributed by atoms with Crippen LogP contribution in [0.5, 0.6) is 0 Å². The fourth-order valence-electron chi connectivity index (χ4n) is 3.23. The molecule has 0 radical (unpaired) electrons. The standard InChI is InChI=1S/C21H20N2O3S/c24-19-16-10-4-5-11-17(16)22-21(27-18-12-14-26-20(18)25)23(19)13-6-9-15-7-2-1-3-8-15/h1-5,7-8,10-11,18H,6,9,12-14H2/t18-/m0/s1. The molecule has 0 spiro atoms. The van der Waals surface area contributed by atoms with E-state index in [9.17, 15) is 9.59 Å². The average molecular weight is 380 g/mol. The summed E-state index contributed by atoms with van der Waals surface area (Å²) in [6.45, 7) is 0.998. The van der Waals surface area contributed by atoms with Crippen molar-refractivity contribution in [3.63, 3.8) is 0 Å². The Kier molecular flexibility index (Phi) is 5.25. The lowest BCUT2D eigenvalue weighted by atomic mass is 10.1. The van der Waals surface area contributed by atoms with Crippen molar-refractivity contribution in [3.05, 3.63) is 70.5 Å². The molecule has 0 N–H and O–H groups in total. The molecule has 2 aromatic carbocycles. The van der Waals surface area contributed by atoms with Crippen LogP contribution in [0.15, 0.2) is 64.5 Å². The van der Waals surface area contributed by atoms with Crippen LogP contribution < -0.4 is 5.56 Å². The maximum atomic E-state index is 13.0. The van der Waals surface area contributed by atoms with Crippen LogP contribution in [0.25, 0.3) is 10.9 Å². The van der Waals surface area contributed by atoms with Gasteiger partial charge in [0.05, 0.1) is 17.5 Å². The number of ether oxygens (including phenoxy) is 1. The fourth-order valence-corrected chi connectivity index (χ4v) is 4.32. The number of carbonyl (C=O) groups is 1. The van der Waals surface area contributed by atoms with E-state index in [0.717, 1.165) is 12.8 Å². The molecule has 2 heterocycles. The summed E-state index contributed by atoms with van der Waals surface area (Å²) >= 11 is 1.34. The predicted molar refractivity (Wildman–Crippen MR) is 106 cm³/mol. The maximum Gasteiger partial charge on any atom is 0.319 e. The molecule has 0 aliphatic carbocycles. The lowest BCUT2D eigenvalue weighted by Gasteiger charge is -2.14. The second-order valence-electron chi connectivity index (χ2n) is 6.52. The van der Waals surface area contributed by atoms with Crippen molar-refractivity contribution in [1.29, 1.82) is 0 Å². The SMILES string of the molecule is O=C1OCC[C@@H]1Sc1nc2ccccc2c(=O)n1CCCc1ccccc1. The van der Waals surface area contributed by atoms with Crippen molar-refractivity contribution in [1.82, 2.24) is 9.55 Å². The number of nitrogens with zero attached hydrogens (tertiary/aromatic N) is 2. The average Bonchev–Trinajstić information content (AvgIpc) is 3.10. The van der Waals surface area contributed by atoms with Crippen LogP contribution in [0.3, 0.4) is 0 Å². The van der Waals surface area contributed by atoms with Crippen LogP contribution in [0, 0.1) is 0 Å². The molecule has 1 aromatic heterocycles. The number of hydrogen-bond acceptors (Lipinski definition) is 5. The van der Waals surface area contributed by atoms with Gasteiger partial charge in [-0.2, -0.15) is 0 Å². The van der Waals surface area contributed by atoms with Gasteiger partial charge in [-0.25, -0.2) is 4.98 Å². The fraction of sp³-hybridized carbons (Fsp3) is 0.286. The molecule has 1 saturated heterocycles. The molecule has 1 atom stereocenters. The third-order valence-electron chi connectivity index (χ3n) is 4.65. The number of benzene rings is 2. The van der Waals surface area contributed by atoms with Crippen LogP contribution in [-0.4, -0.2) is 27.4 Å². The van der Waals surface area contributed by atoms with Gasteiger partial charge in [-0.1, -0.05) is 54.2 Å². The van der Waals surface area contributed by atoms with Gasteiger partial charge in [0, 0.05) is 13.0 Å². The number of aromatic nitrogens is 2. The maximum absolute atomic E-state index is 13.0. The molecule has 0 amide bonds. The molecule has 1 aliphatic rings. The van der Waals surface area contributed by atoms with E-state index in [-0.39, 0.29) is 16.8 Å². The first-order valence-corrected chi connectivity index (χ1v) is 9.97. The number of para-hydroxylation sites is 1. The summed E-state index contributed by atoms with van der Waals surface area (Å²) in [4.78, 5) is 29.6. The molecule has 3 aromatic rings. The minimum Gasteiger partial charge on any atom is -0.465 e. The van der Waals surface area contributed by atoms with Gasteiger partial charge in [0.1, 0.15) is 5.25 Å². The minimum absolute atomic E-state index is 0.0532. The van der Waals surface area contributed by atoms with Crippen molar-refractivity contribution >= 4 is 28.6 Å². The number of hydrogen-bond donors (Lipinski definition) is 0. The summed E-state index contributed by atoms with van der Waals surface area (Å²) in [5.74, 6) is -0.224. The van der Waals surface area contributed by atoms with Gasteiger partial charge >= 0.3 is 5.97 Å². The van der Waals surface area contributed by atoms with Crippen LogP contribution in [0.4, 0.5) is 0 Å². The van der Waals surface area contributed by atoms with E-state index >= 15 is 0 Å². The van der Waals surface area contributed by atoms with Gasteiger partial charge in [0.2, 0.25) is 0 Å². The molecular formula is C21H20N2O3S. The number of carbonyl (C=O) groups excluding carboxylic acids is 1. The molecule has 0 unspecified atom stereocenters. The van der Waals surface area contributed by atoms with Gasteiger partial charge in [-0.05, 0) is 30.5 Å². The minimum atomic E-state index is -0.293. The van der Waals surface area contributed by atoms with E-state index < -0.39 is 0 Å².